The highest BCUT2D eigenvalue weighted by Crippen LogP contribution is 2.36. The minimum atomic E-state index is -0.993. The van der Waals surface area contributed by atoms with Crippen molar-refractivity contribution >= 4 is 28.8 Å². The van der Waals surface area contributed by atoms with Gasteiger partial charge in [0.1, 0.15) is 12.0 Å². The first-order valence-corrected chi connectivity index (χ1v) is 12.2. The van der Waals surface area contributed by atoms with E-state index in [-0.39, 0.29) is 5.91 Å². The molecule has 0 radical (unpaired) electrons. The largest absolute Gasteiger partial charge is 0.371 e. The number of piperidine rings is 2. The number of aryl methyl sites for hydroxylation is 1. The minimum absolute atomic E-state index is 0.123. The van der Waals surface area contributed by atoms with Crippen LogP contribution in [0.25, 0.3) is 10.9 Å². The summed E-state index contributed by atoms with van der Waals surface area (Å²) in [5.41, 5.74) is 1.83. The van der Waals surface area contributed by atoms with Crippen LogP contribution in [0.1, 0.15) is 56.6 Å². The Labute approximate surface area is 195 Å². The first-order valence-electron chi connectivity index (χ1n) is 12.2. The predicted molar refractivity (Wildman–Crippen MR) is 128 cm³/mol. The molecule has 0 bridgehead atoms. The van der Waals surface area contributed by atoms with Gasteiger partial charge in [0, 0.05) is 44.7 Å². The Bertz CT molecular complexity index is 977. The van der Waals surface area contributed by atoms with E-state index in [1.165, 1.54) is 0 Å². The predicted octanol–water partition coefficient (Wildman–Crippen LogP) is 3.08. The molecule has 2 fully saturated rings. The summed E-state index contributed by atoms with van der Waals surface area (Å²) < 4.78 is 16.9. The van der Waals surface area contributed by atoms with Gasteiger partial charge in [0.15, 0.2) is 0 Å². The summed E-state index contributed by atoms with van der Waals surface area (Å²) in [5.74, 6) is -0.126. The smallest absolute Gasteiger partial charge is 0.228 e. The molecule has 0 saturated carbocycles. The zero-order chi connectivity index (χ0) is 23.4. The van der Waals surface area contributed by atoms with Crippen molar-refractivity contribution < 1.29 is 14.0 Å². The molecular weight excluding hydrogens is 421 g/mol. The third-order valence-corrected chi connectivity index (χ3v) is 7.46. The van der Waals surface area contributed by atoms with Crippen LogP contribution in [0.2, 0.25) is 0 Å². The zero-order valence-corrected chi connectivity index (χ0v) is 19.8. The molecular formula is C25H36FN5O2. The van der Waals surface area contributed by atoms with Crippen LogP contribution in [0.4, 0.5) is 10.1 Å². The van der Waals surface area contributed by atoms with Gasteiger partial charge in [-0.2, -0.15) is 5.10 Å². The molecule has 1 aromatic carbocycles. The Morgan fingerprint density at radius 3 is 2.73 bits per heavy atom. The van der Waals surface area contributed by atoms with Crippen molar-refractivity contribution in [2.24, 2.45) is 13.0 Å². The highest BCUT2D eigenvalue weighted by molar-refractivity contribution is 5.92. The van der Waals surface area contributed by atoms with Gasteiger partial charge in [-0.05, 0) is 75.7 Å². The molecule has 3 heterocycles. The van der Waals surface area contributed by atoms with E-state index in [0.717, 1.165) is 61.9 Å². The number of halogens is 1. The van der Waals surface area contributed by atoms with E-state index in [1.54, 1.807) is 7.05 Å². The number of fused-ring (bicyclic) bond motifs is 1. The van der Waals surface area contributed by atoms with Gasteiger partial charge < -0.3 is 20.3 Å². The van der Waals surface area contributed by atoms with E-state index in [9.17, 15) is 9.59 Å². The number of anilines is 1. The Morgan fingerprint density at radius 1 is 1.33 bits per heavy atom. The van der Waals surface area contributed by atoms with Crippen LogP contribution in [0.5, 0.6) is 0 Å². The molecule has 2 aliphatic heterocycles. The van der Waals surface area contributed by atoms with E-state index in [0.29, 0.717) is 43.7 Å². The molecule has 33 heavy (non-hydrogen) atoms. The van der Waals surface area contributed by atoms with Crippen LogP contribution in [0.15, 0.2) is 18.2 Å². The number of nitrogens with zero attached hydrogens (tertiary/aromatic N) is 3. The van der Waals surface area contributed by atoms with Crippen LogP contribution in [-0.2, 0) is 16.6 Å². The Balaban J connectivity index is 1.47. The molecule has 1 atom stereocenters. The van der Waals surface area contributed by atoms with E-state index < -0.39 is 11.6 Å². The molecule has 180 valence electrons. The SMILES string of the molecule is CNC(=O)C(CCC=O)c1nn(C)c2cc(N3CCC(CC4(F)CCNCC4)CC3)ccc12. The molecule has 7 nitrogen and oxygen atoms in total. The summed E-state index contributed by atoms with van der Waals surface area (Å²) in [7, 11) is 3.50. The summed E-state index contributed by atoms with van der Waals surface area (Å²) in [6.07, 6.45) is 5.59. The van der Waals surface area contributed by atoms with Gasteiger partial charge in [0.05, 0.1) is 17.1 Å². The van der Waals surface area contributed by atoms with Crippen molar-refractivity contribution in [2.75, 3.05) is 38.1 Å². The maximum Gasteiger partial charge on any atom is 0.228 e. The maximum absolute atomic E-state index is 15.1. The lowest BCUT2D eigenvalue weighted by Crippen LogP contribution is -2.42. The van der Waals surface area contributed by atoms with Crippen molar-refractivity contribution in [2.45, 2.75) is 56.5 Å². The first kappa shape index (κ1) is 23.7. The number of rotatable bonds is 8. The van der Waals surface area contributed by atoms with Crippen LogP contribution in [0.3, 0.4) is 0 Å². The lowest BCUT2D eigenvalue weighted by atomic mass is 9.81. The zero-order valence-electron chi connectivity index (χ0n) is 19.8. The highest BCUT2D eigenvalue weighted by Gasteiger charge is 2.35. The standard InChI is InChI=1S/C25H36FN5O2/c1-27-24(33)21(4-3-15-32)23-20-6-5-19(16-22(20)30(2)29-23)31-13-7-18(8-14-31)17-25(26)9-11-28-12-10-25/h5-6,15-16,18,21,28H,3-4,7-14,17H2,1-2H3,(H,27,33). The quantitative estimate of drug-likeness (QED) is 0.596. The topological polar surface area (TPSA) is 79.3 Å². The molecule has 0 spiro atoms. The Kier molecular flexibility index (Phi) is 7.32. The Hall–Kier alpha value is -2.48. The highest BCUT2D eigenvalue weighted by atomic mass is 19.1. The maximum atomic E-state index is 15.1. The normalized spacial score (nSPS) is 20.0. The molecule has 1 aromatic heterocycles. The van der Waals surface area contributed by atoms with E-state index in [1.807, 2.05) is 17.8 Å². The molecule has 2 aliphatic rings. The molecule has 2 N–H and O–H groups in total. The fraction of sp³-hybridized carbons (Fsp3) is 0.640. The number of aromatic nitrogens is 2. The fourth-order valence-corrected chi connectivity index (χ4v) is 5.52. The second-order valence-electron chi connectivity index (χ2n) is 9.66. The van der Waals surface area contributed by atoms with Gasteiger partial charge >= 0.3 is 0 Å². The van der Waals surface area contributed by atoms with Crippen LogP contribution in [0, 0.1) is 5.92 Å². The van der Waals surface area contributed by atoms with Crippen molar-refractivity contribution in [3.8, 4) is 0 Å². The van der Waals surface area contributed by atoms with E-state index in [4.69, 9.17) is 0 Å². The third kappa shape index (κ3) is 5.21. The molecule has 8 heteroatoms. The van der Waals surface area contributed by atoms with Gasteiger partial charge in [-0.15, -0.1) is 0 Å². The number of hydrogen-bond acceptors (Lipinski definition) is 5. The molecule has 2 saturated heterocycles. The summed E-state index contributed by atoms with van der Waals surface area (Å²) in [6.45, 7) is 3.43. The number of amides is 1. The third-order valence-electron chi connectivity index (χ3n) is 7.46. The second kappa shape index (κ2) is 10.2. The average molecular weight is 458 g/mol. The van der Waals surface area contributed by atoms with Gasteiger partial charge in [0.25, 0.3) is 0 Å². The van der Waals surface area contributed by atoms with Gasteiger partial charge in [-0.1, -0.05) is 0 Å². The monoisotopic (exact) mass is 457 g/mol. The minimum Gasteiger partial charge on any atom is -0.371 e. The Morgan fingerprint density at radius 2 is 2.06 bits per heavy atom. The average Bonchev–Trinajstić information content (AvgIpc) is 3.15. The molecule has 1 amide bonds. The van der Waals surface area contributed by atoms with Crippen LogP contribution in [-0.4, -0.2) is 60.9 Å². The van der Waals surface area contributed by atoms with Crippen LogP contribution < -0.4 is 15.5 Å². The second-order valence-corrected chi connectivity index (χ2v) is 9.66. The summed E-state index contributed by atoms with van der Waals surface area (Å²) in [4.78, 5) is 25.7. The fourth-order valence-electron chi connectivity index (χ4n) is 5.52. The number of carbonyl (C=O) groups is 2. The summed E-state index contributed by atoms with van der Waals surface area (Å²) in [5, 5.41) is 11.6. The number of benzene rings is 1. The number of carbonyl (C=O) groups excluding carboxylic acids is 2. The van der Waals surface area contributed by atoms with Gasteiger partial charge in [-0.3, -0.25) is 9.48 Å². The van der Waals surface area contributed by atoms with Crippen molar-refractivity contribution in [1.82, 2.24) is 20.4 Å². The van der Waals surface area contributed by atoms with Gasteiger partial charge in [0.2, 0.25) is 5.91 Å². The van der Waals surface area contributed by atoms with Gasteiger partial charge in [-0.25, -0.2) is 4.39 Å². The molecule has 1 unspecified atom stereocenters. The lowest BCUT2D eigenvalue weighted by Gasteiger charge is -2.38. The lowest BCUT2D eigenvalue weighted by molar-refractivity contribution is -0.122. The summed E-state index contributed by atoms with van der Waals surface area (Å²) in [6, 6.07) is 6.27. The first-order chi connectivity index (χ1) is 15.9. The van der Waals surface area contributed by atoms with Crippen molar-refractivity contribution in [3.05, 3.63) is 23.9 Å². The summed E-state index contributed by atoms with van der Waals surface area (Å²) >= 11 is 0. The molecule has 0 aliphatic carbocycles. The van der Waals surface area contributed by atoms with Crippen molar-refractivity contribution in [1.29, 1.82) is 0 Å². The molecule has 2 aromatic rings. The number of hydrogen-bond donors (Lipinski definition) is 2. The number of alkyl halides is 1. The number of likely N-dealkylation sites (N-methyl/N-ethyl adjacent to an activating group) is 1. The van der Waals surface area contributed by atoms with E-state index >= 15 is 4.39 Å². The number of aldehydes is 1. The van der Waals surface area contributed by atoms with Crippen LogP contribution >= 0.6 is 0 Å². The van der Waals surface area contributed by atoms with Crippen molar-refractivity contribution in [3.63, 3.8) is 0 Å². The number of nitrogens with one attached hydrogen (secondary N) is 2. The van der Waals surface area contributed by atoms with E-state index in [2.05, 4.69) is 32.8 Å². The molecule has 4 rings (SSSR count).